The third-order valence-electron chi connectivity index (χ3n) is 15.9. The second-order valence-electron chi connectivity index (χ2n) is 21.1. The number of rotatable bonds is 11. The Balaban J connectivity index is 0.908. The highest BCUT2D eigenvalue weighted by Gasteiger charge is 2.26. The van der Waals surface area contributed by atoms with Crippen LogP contribution in [-0.4, -0.2) is 0 Å². The highest BCUT2D eigenvalue weighted by molar-refractivity contribution is 6.10. The lowest BCUT2D eigenvalue weighted by Gasteiger charge is -2.32. The molecule has 4 nitrogen and oxygen atoms in total. The molecule has 0 spiro atoms. The maximum absolute atomic E-state index is 6.53. The van der Waals surface area contributed by atoms with Gasteiger partial charge in [-0.1, -0.05) is 170 Å². The number of anilines is 6. The van der Waals surface area contributed by atoms with Gasteiger partial charge in [-0.05, 0) is 192 Å². The summed E-state index contributed by atoms with van der Waals surface area (Å²) >= 11 is 0. The number of benzene rings is 12. The molecule has 0 N–H and O–H groups in total. The van der Waals surface area contributed by atoms with E-state index in [2.05, 4.69) is 304 Å². The van der Waals surface area contributed by atoms with E-state index < -0.39 is 0 Å². The van der Waals surface area contributed by atoms with Crippen molar-refractivity contribution < 1.29 is 8.83 Å². The predicted octanol–water partition coefficient (Wildman–Crippen LogP) is 22.0. The molecule has 14 aromatic rings. The number of furan rings is 2. The summed E-state index contributed by atoms with van der Waals surface area (Å²) in [6.45, 7) is 9.04. The van der Waals surface area contributed by atoms with E-state index >= 15 is 0 Å². The third kappa shape index (κ3) is 8.59. The lowest BCUT2D eigenvalue weighted by atomic mass is 9.93. The first-order chi connectivity index (χ1) is 39.3. The van der Waals surface area contributed by atoms with Gasteiger partial charge in [0.05, 0.1) is 22.7 Å². The molecular formula is C76H56N2O2. The van der Waals surface area contributed by atoms with Gasteiger partial charge in [0.15, 0.2) is 0 Å². The van der Waals surface area contributed by atoms with Gasteiger partial charge in [-0.15, -0.1) is 0 Å². The Hall–Kier alpha value is -10.2. The van der Waals surface area contributed by atoms with Crippen molar-refractivity contribution in [1.82, 2.24) is 0 Å². The van der Waals surface area contributed by atoms with E-state index in [0.29, 0.717) is 0 Å². The molecule has 14 rings (SSSR count). The summed E-state index contributed by atoms with van der Waals surface area (Å²) in [4.78, 5) is 4.92. The van der Waals surface area contributed by atoms with Crippen molar-refractivity contribution in [2.75, 3.05) is 9.80 Å². The molecule has 0 unspecified atom stereocenters. The fourth-order valence-corrected chi connectivity index (χ4v) is 12.2. The van der Waals surface area contributed by atoms with E-state index in [0.717, 1.165) is 111 Å². The SMILES string of the molecule is Cc1cc(-c2cc(C)c(N(c3ccc4oc5ccc(-c6ccccc6)cc5c4c3)c3ccccc3-c3ccccc3)c(C)c2)cc(C)c1N(c1ccc2oc3ccc(-c4ccccc4)cc3c2c1)c1ccccc1-c1ccccc1. The molecular weight excluding hydrogens is 973 g/mol. The van der Waals surface area contributed by atoms with E-state index in [4.69, 9.17) is 8.83 Å². The normalized spacial score (nSPS) is 11.5. The van der Waals surface area contributed by atoms with Crippen molar-refractivity contribution in [1.29, 1.82) is 0 Å². The Kier molecular flexibility index (Phi) is 12.1. The molecule has 0 aliphatic rings. The van der Waals surface area contributed by atoms with Gasteiger partial charge in [0.25, 0.3) is 0 Å². The van der Waals surface area contributed by atoms with Crippen LogP contribution >= 0.6 is 0 Å². The molecule has 0 bridgehead atoms. The number of hydrogen-bond acceptors (Lipinski definition) is 4. The summed E-state index contributed by atoms with van der Waals surface area (Å²) in [5.74, 6) is 0. The zero-order valence-corrected chi connectivity index (χ0v) is 45.1. The van der Waals surface area contributed by atoms with E-state index in [9.17, 15) is 0 Å². The van der Waals surface area contributed by atoms with Crippen LogP contribution in [0.25, 0.3) is 99.5 Å². The summed E-state index contributed by atoms with van der Waals surface area (Å²) in [5, 5.41) is 4.33. The standard InChI is InChI=1S/C76H56N2O2/c1-49-41-59(42-50(2)75(49)77(69-31-19-17-29-63(69)55-25-13-7-14-26-55)61-35-39-73-67(47-61)65-45-57(33-37-71(65)79-73)53-21-9-5-10-22-53)60-43-51(3)76(52(4)44-60)78(70-32-20-18-30-64(70)56-27-15-8-16-28-56)62-36-40-74-68(48-62)66-46-58(34-38-72(66)80-74)54-23-11-6-12-24-54/h5-48H,1-4H3. The van der Waals surface area contributed by atoms with Gasteiger partial charge in [0.1, 0.15) is 22.3 Å². The number of fused-ring (bicyclic) bond motifs is 6. The molecule has 0 amide bonds. The van der Waals surface area contributed by atoms with E-state index in [1.165, 1.54) is 44.5 Å². The zero-order valence-electron chi connectivity index (χ0n) is 45.1. The molecule has 0 radical (unpaired) electrons. The largest absolute Gasteiger partial charge is 0.456 e. The summed E-state index contributed by atoms with van der Waals surface area (Å²) in [7, 11) is 0. The van der Waals surface area contributed by atoms with E-state index in [1.807, 2.05) is 0 Å². The van der Waals surface area contributed by atoms with Gasteiger partial charge >= 0.3 is 0 Å². The Bertz CT molecular complexity index is 4290. The molecule has 0 aliphatic carbocycles. The Morgan fingerprint density at radius 1 is 0.237 bits per heavy atom. The Morgan fingerprint density at radius 3 is 0.900 bits per heavy atom. The fraction of sp³-hybridized carbons (Fsp3) is 0.0526. The van der Waals surface area contributed by atoms with Crippen LogP contribution in [0.3, 0.4) is 0 Å². The number of aryl methyl sites for hydroxylation is 4. The lowest BCUT2D eigenvalue weighted by Crippen LogP contribution is -2.14. The van der Waals surface area contributed by atoms with Crippen LogP contribution in [0.2, 0.25) is 0 Å². The third-order valence-corrected chi connectivity index (χ3v) is 15.9. The summed E-state index contributed by atoms with van der Waals surface area (Å²) in [6.07, 6.45) is 0. The minimum Gasteiger partial charge on any atom is -0.456 e. The molecule has 382 valence electrons. The van der Waals surface area contributed by atoms with Crippen molar-refractivity contribution in [3.8, 4) is 55.6 Å². The predicted molar refractivity (Wildman–Crippen MR) is 336 cm³/mol. The average molecular weight is 1030 g/mol. The van der Waals surface area contributed by atoms with Gasteiger partial charge < -0.3 is 18.6 Å². The van der Waals surface area contributed by atoms with Gasteiger partial charge in [-0.2, -0.15) is 0 Å². The lowest BCUT2D eigenvalue weighted by molar-refractivity contribution is 0.668. The molecule has 80 heavy (non-hydrogen) atoms. The molecule has 0 saturated heterocycles. The molecule has 4 heteroatoms. The zero-order chi connectivity index (χ0) is 53.8. The minimum atomic E-state index is 0.860. The first-order valence-electron chi connectivity index (χ1n) is 27.5. The summed E-state index contributed by atoms with van der Waals surface area (Å²) in [5.41, 5.74) is 26.3. The van der Waals surface area contributed by atoms with Crippen LogP contribution in [0.1, 0.15) is 22.3 Å². The van der Waals surface area contributed by atoms with Crippen molar-refractivity contribution in [3.63, 3.8) is 0 Å². The van der Waals surface area contributed by atoms with Crippen LogP contribution in [0.4, 0.5) is 34.1 Å². The van der Waals surface area contributed by atoms with Crippen molar-refractivity contribution in [3.05, 3.63) is 289 Å². The fourth-order valence-electron chi connectivity index (χ4n) is 12.2. The van der Waals surface area contributed by atoms with Crippen LogP contribution in [0.5, 0.6) is 0 Å². The van der Waals surface area contributed by atoms with Crippen molar-refractivity contribution >= 4 is 78.0 Å². The van der Waals surface area contributed by atoms with Gasteiger partial charge in [0, 0.05) is 44.0 Å². The summed E-state index contributed by atoms with van der Waals surface area (Å²) < 4.78 is 13.1. The van der Waals surface area contributed by atoms with Crippen LogP contribution in [-0.2, 0) is 0 Å². The monoisotopic (exact) mass is 1030 g/mol. The van der Waals surface area contributed by atoms with Gasteiger partial charge in [-0.25, -0.2) is 0 Å². The van der Waals surface area contributed by atoms with E-state index in [1.54, 1.807) is 0 Å². The second kappa shape index (κ2) is 20.0. The van der Waals surface area contributed by atoms with Crippen LogP contribution in [0, 0.1) is 27.7 Å². The van der Waals surface area contributed by atoms with Gasteiger partial charge in [-0.3, -0.25) is 0 Å². The smallest absolute Gasteiger partial charge is 0.135 e. The molecule has 0 atom stereocenters. The number of hydrogen-bond donors (Lipinski definition) is 0. The molecule has 0 fully saturated rings. The first-order valence-corrected chi connectivity index (χ1v) is 27.5. The maximum Gasteiger partial charge on any atom is 0.135 e. The maximum atomic E-state index is 6.53. The quantitative estimate of drug-likeness (QED) is 0.129. The molecule has 2 heterocycles. The van der Waals surface area contributed by atoms with Crippen molar-refractivity contribution in [2.24, 2.45) is 0 Å². The molecule has 0 aliphatic heterocycles. The minimum absolute atomic E-state index is 0.860. The second-order valence-corrected chi connectivity index (χ2v) is 21.1. The number of nitrogens with zero attached hydrogens (tertiary/aromatic N) is 2. The topological polar surface area (TPSA) is 32.8 Å². The summed E-state index contributed by atoms with van der Waals surface area (Å²) in [6, 6.07) is 96.0. The Labute approximate surface area is 466 Å². The van der Waals surface area contributed by atoms with Crippen LogP contribution < -0.4 is 9.80 Å². The molecule has 0 saturated carbocycles. The molecule has 12 aromatic carbocycles. The Morgan fingerprint density at radius 2 is 0.537 bits per heavy atom. The average Bonchev–Trinajstić information content (AvgIpc) is 4.10. The highest BCUT2D eigenvalue weighted by atomic mass is 16.3. The van der Waals surface area contributed by atoms with Gasteiger partial charge in [0.2, 0.25) is 0 Å². The van der Waals surface area contributed by atoms with Crippen LogP contribution in [0.15, 0.2) is 276 Å². The van der Waals surface area contributed by atoms with E-state index in [-0.39, 0.29) is 0 Å². The number of para-hydroxylation sites is 2. The highest BCUT2D eigenvalue weighted by Crippen LogP contribution is 2.49. The van der Waals surface area contributed by atoms with Crippen molar-refractivity contribution in [2.45, 2.75) is 27.7 Å². The first kappa shape index (κ1) is 48.2. The molecule has 2 aromatic heterocycles.